The summed E-state index contributed by atoms with van der Waals surface area (Å²) in [6, 6.07) is 5.10. The summed E-state index contributed by atoms with van der Waals surface area (Å²) in [4.78, 5) is 21.1. The Morgan fingerprint density at radius 2 is 2.22 bits per heavy atom. The molecule has 0 fully saturated rings. The van der Waals surface area contributed by atoms with Crippen LogP contribution in [-0.2, 0) is 11.2 Å². The summed E-state index contributed by atoms with van der Waals surface area (Å²) in [5.41, 5.74) is 1.60. The van der Waals surface area contributed by atoms with Crippen molar-refractivity contribution >= 4 is 23.4 Å². The molecule has 0 saturated heterocycles. The van der Waals surface area contributed by atoms with Crippen LogP contribution >= 0.6 is 11.8 Å². The fourth-order valence-electron chi connectivity index (χ4n) is 1.47. The minimum atomic E-state index is -0.863. The SMILES string of the molecule is Cc1ccc(CCSC(C)C(=O)O)c([N+](=O)[O-])c1. The molecule has 0 saturated carbocycles. The largest absolute Gasteiger partial charge is 0.480 e. The molecule has 1 N–H and O–H groups in total. The van der Waals surface area contributed by atoms with E-state index in [0.717, 1.165) is 5.56 Å². The number of carbonyl (C=O) groups is 1. The Morgan fingerprint density at radius 3 is 2.78 bits per heavy atom. The lowest BCUT2D eigenvalue weighted by atomic mass is 10.1. The zero-order valence-corrected chi connectivity index (χ0v) is 11.1. The van der Waals surface area contributed by atoms with Gasteiger partial charge in [0.05, 0.1) is 10.2 Å². The number of carboxylic acids is 1. The highest BCUT2D eigenvalue weighted by Gasteiger charge is 2.15. The van der Waals surface area contributed by atoms with E-state index in [1.54, 1.807) is 26.0 Å². The molecule has 1 aromatic rings. The summed E-state index contributed by atoms with van der Waals surface area (Å²) in [6.07, 6.45) is 0.499. The number of hydrogen-bond acceptors (Lipinski definition) is 4. The third-order valence-electron chi connectivity index (χ3n) is 2.52. The average Bonchev–Trinajstić information content (AvgIpc) is 2.30. The minimum absolute atomic E-state index is 0.110. The van der Waals surface area contributed by atoms with Gasteiger partial charge < -0.3 is 5.11 Å². The molecular weight excluding hydrogens is 254 g/mol. The second-order valence-electron chi connectivity index (χ2n) is 3.99. The van der Waals surface area contributed by atoms with Gasteiger partial charge in [0.2, 0.25) is 0 Å². The molecular formula is C12H15NO4S. The van der Waals surface area contributed by atoms with E-state index in [4.69, 9.17) is 5.11 Å². The van der Waals surface area contributed by atoms with Gasteiger partial charge in [-0.15, -0.1) is 11.8 Å². The number of carboxylic acid groups (broad SMARTS) is 1. The summed E-state index contributed by atoms with van der Waals surface area (Å²) in [7, 11) is 0. The van der Waals surface area contributed by atoms with Gasteiger partial charge in [-0.2, -0.15) is 0 Å². The van der Waals surface area contributed by atoms with Crippen molar-refractivity contribution in [3.63, 3.8) is 0 Å². The van der Waals surface area contributed by atoms with Crippen LogP contribution in [0.25, 0.3) is 0 Å². The molecule has 5 nitrogen and oxygen atoms in total. The Morgan fingerprint density at radius 1 is 1.56 bits per heavy atom. The topological polar surface area (TPSA) is 80.4 Å². The fourth-order valence-corrected chi connectivity index (χ4v) is 2.31. The van der Waals surface area contributed by atoms with Crippen molar-refractivity contribution in [1.82, 2.24) is 0 Å². The summed E-state index contributed by atoms with van der Waals surface area (Å²) in [5.74, 6) is -0.310. The molecule has 0 spiro atoms. The predicted octanol–water partition coefficient (Wildman–Crippen LogP) is 2.65. The van der Waals surface area contributed by atoms with E-state index in [1.165, 1.54) is 11.8 Å². The van der Waals surface area contributed by atoms with Crippen LogP contribution in [0.1, 0.15) is 18.1 Å². The maximum Gasteiger partial charge on any atom is 0.316 e. The molecule has 1 atom stereocenters. The Balaban J connectivity index is 2.67. The highest BCUT2D eigenvalue weighted by atomic mass is 32.2. The molecule has 0 radical (unpaired) electrons. The van der Waals surface area contributed by atoms with E-state index in [-0.39, 0.29) is 5.69 Å². The smallest absolute Gasteiger partial charge is 0.316 e. The van der Waals surface area contributed by atoms with Crippen molar-refractivity contribution in [1.29, 1.82) is 0 Å². The summed E-state index contributed by atoms with van der Waals surface area (Å²) < 4.78 is 0. The number of thioether (sulfide) groups is 1. The normalized spacial score (nSPS) is 12.1. The fraction of sp³-hybridized carbons (Fsp3) is 0.417. The zero-order chi connectivity index (χ0) is 13.7. The van der Waals surface area contributed by atoms with E-state index >= 15 is 0 Å². The van der Waals surface area contributed by atoms with Gasteiger partial charge >= 0.3 is 5.97 Å². The molecule has 0 aromatic heterocycles. The lowest BCUT2D eigenvalue weighted by Gasteiger charge is -2.06. The van der Waals surface area contributed by atoms with Crippen LogP contribution in [0.2, 0.25) is 0 Å². The molecule has 0 aliphatic heterocycles. The van der Waals surface area contributed by atoms with Crippen LogP contribution in [0.15, 0.2) is 18.2 Å². The molecule has 1 unspecified atom stereocenters. The van der Waals surface area contributed by atoms with Crippen LogP contribution in [0.3, 0.4) is 0 Å². The molecule has 0 amide bonds. The second-order valence-corrected chi connectivity index (χ2v) is 5.44. The number of nitro benzene ring substituents is 1. The molecule has 1 aromatic carbocycles. The summed E-state index contributed by atoms with van der Waals surface area (Å²) in [6.45, 7) is 3.41. The predicted molar refractivity (Wildman–Crippen MR) is 71.1 cm³/mol. The first kappa shape index (κ1) is 14.5. The van der Waals surface area contributed by atoms with Crippen molar-refractivity contribution in [2.45, 2.75) is 25.5 Å². The monoisotopic (exact) mass is 269 g/mol. The van der Waals surface area contributed by atoms with E-state index in [0.29, 0.717) is 17.7 Å². The highest BCUT2D eigenvalue weighted by molar-refractivity contribution is 8.00. The van der Waals surface area contributed by atoms with Crippen molar-refractivity contribution in [2.75, 3.05) is 5.75 Å². The van der Waals surface area contributed by atoms with Crippen LogP contribution in [0.4, 0.5) is 5.69 Å². The third kappa shape index (κ3) is 4.03. The Bertz CT molecular complexity index is 461. The molecule has 0 aliphatic rings. The first-order valence-corrected chi connectivity index (χ1v) is 6.55. The van der Waals surface area contributed by atoms with E-state index in [2.05, 4.69) is 0 Å². The molecule has 18 heavy (non-hydrogen) atoms. The Kier molecular flexibility index (Phi) is 5.15. The third-order valence-corrected chi connectivity index (χ3v) is 3.67. The van der Waals surface area contributed by atoms with Gasteiger partial charge in [-0.05, 0) is 31.6 Å². The summed E-state index contributed by atoms with van der Waals surface area (Å²) in [5, 5.41) is 19.1. The van der Waals surface area contributed by atoms with E-state index in [1.807, 2.05) is 6.07 Å². The number of hydrogen-bond donors (Lipinski definition) is 1. The van der Waals surface area contributed by atoms with Crippen molar-refractivity contribution in [3.05, 3.63) is 39.4 Å². The van der Waals surface area contributed by atoms with E-state index < -0.39 is 16.1 Å². The van der Waals surface area contributed by atoms with Gasteiger partial charge in [-0.25, -0.2) is 0 Å². The van der Waals surface area contributed by atoms with Crippen molar-refractivity contribution in [3.8, 4) is 0 Å². The number of nitrogens with zero attached hydrogens (tertiary/aromatic N) is 1. The van der Waals surface area contributed by atoms with Crippen LogP contribution < -0.4 is 0 Å². The van der Waals surface area contributed by atoms with Crippen LogP contribution in [-0.4, -0.2) is 27.0 Å². The zero-order valence-electron chi connectivity index (χ0n) is 10.3. The second kappa shape index (κ2) is 6.39. The number of benzene rings is 1. The van der Waals surface area contributed by atoms with Crippen molar-refractivity contribution in [2.24, 2.45) is 0 Å². The van der Waals surface area contributed by atoms with E-state index in [9.17, 15) is 14.9 Å². The van der Waals surface area contributed by atoms with Gasteiger partial charge in [0.1, 0.15) is 0 Å². The lowest BCUT2D eigenvalue weighted by Crippen LogP contribution is -2.12. The van der Waals surface area contributed by atoms with Gasteiger partial charge in [0.25, 0.3) is 5.69 Å². The van der Waals surface area contributed by atoms with Gasteiger partial charge in [0.15, 0.2) is 0 Å². The molecule has 6 heteroatoms. The highest BCUT2D eigenvalue weighted by Crippen LogP contribution is 2.22. The standard InChI is InChI=1S/C12H15NO4S/c1-8-3-4-10(11(7-8)13(16)17)5-6-18-9(2)12(14)15/h3-4,7,9H,5-6H2,1-2H3,(H,14,15). The van der Waals surface area contributed by atoms with Gasteiger partial charge in [0, 0.05) is 11.6 Å². The lowest BCUT2D eigenvalue weighted by molar-refractivity contribution is -0.385. The van der Waals surface area contributed by atoms with Crippen molar-refractivity contribution < 1.29 is 14.8 Å². The van der Waals surface area contributed by atoms with Crippen LogP contribution in [0, 0.1) is 17.0 Å². The average molecular weight is 269 g/mol. The molecule has 98 valence electrons. The Hall–Kier alpha value is -1.56. The first-order valence-electron chi connectivity index (χ1n) is 5.50. The Labute approximate surface area is 109 Å². The maximum absolute atomic E-state index is 10.9. The summed E-state index contributed by atoms with van der Waals surface area (Å²) >= 11 is 1.28. The molecule has 0 aliphatic carbocycles. The molecule has 0 heterocycles. The molecule has 0 bridgehead atoms. The van der Waals surface area contributed by atoms with Gasteiger partial charge in [-0.1, -0.05) is 12.1 Å². The number of aliphatic carboxylic acids is 1. The number of aryl methyl sites for hydroxylation is 2. The van der Waals surface area contributed by atoms with Crippen LogP contribution in [0.5, 0.6) is 0 Å². The quantitative estimate of drug-likeness (QED) is 0.634. The maximum atomic E-state index is 10.9. The number of rotatable bonds is 6. The first-order chi connectivity index (χ1) is 8.41. The minimum Gasteiger partial charge on any atom is -0.480 e. The number of nitro groups is 1. The van der Waals surface area contributed by atoms with Gasteiger partial charge in [-0.3, -0.25) is 14.9 Å². The molecule has 1 rings (SSSR count).